The highest BCUT2D eigenvalue weighted by Crippen LogP contribution is 2.22. The maximum Gasteiger partial charge on any atom is 0.200 e. The Labute approximate surface area is 214 Å². The van der Waals surface area contributed by atoms with Gasteiger partial charge in [0.05, 0.1) is 25.3 Å². The topological polar surface area (TPSA) is 40.0 Å². The minimum absolute atomic E-state index is 0.362. The van der Waals surface area contributed by atoms with Crippen LogP contribution in [0.15, 0.2) is 108 Å². The second-order valence-electron chi connectivity index (χ2n) is 8.92. The molecule has 0 saturated heterocycles. The van der Waals surface area contributed by atoms with Gasteiger partial charge in [-0.25, -0.2) is 4.99 Å². The molecular weight excluding hydrogens is 446 g/mol. The van der Waals surface area contributed by atoms with Crippen LogP contribution in [0.25, 0.3) is 0 Å². The zero-order chi connectivity index (χ0) is 25.2. The maximum atomic E-state index is 6.29. The zero-order valence-corrected chi connectivity index (χ0v) is 21.2. The van der Waals surface area contributed by atoms with E-state index >= 15 is 0 Å². The summed E-state index contributed by atoms with van der Waals surface area (Å²) < 4.78 is 18.8. The average Bonchev–Trinajstić information content (AvgIpc) is 2.89. The number of hydrogen-bond acceptors (Lipinski definition) is 4. The van der Waals surface area contributed by atoms with Gasteiger partial charge in [0.25, 0.3) is 0 Å². The minimum Gasteiger partial charge on any atom is -0.443 e. The SMILES string of the molecule is Cc1cccc(O/C(CC(OCc2ccccc2)OCc2ccccc2)=N\c2ccc(C)c(C)c2)c1. The first-order valence-corrected chi connectivity index (χ1v) is 12.3. The molecule has 0 fully saturated rings. The highest BCUT2D eigenvalue weighted by Gasteiger charge is 2.17. The third-order valence-corrected chi connectivity index (χ3v) is 5.87. The molecule has 4 rings (SSSR count). The summed E-state index contributed by atoms with van der Waals surface area (Å²) in [6, 6.07) is 34.3. The lowest BCUT2D eigenvalue weighted by molar-refractivity contribution is -0.152. The van der Waals surface area contributed by atoms with Crippen LogP contribution in [0.2, 0.25) is 0 Å². The first-order valence-electron chi connectivity index (χ1n) is 12.3. The van der Waals surface area contributed by atoms with Gasteiger partial charge in [-0.2, -0.15) is 0 Å². The van der Waals surface area contributed by atoms with E-state index in [1.54, 1.807) is 0 Å². The lowest BCUT2D eigenvalue weighted by Gasteiger charge is -2.20. The fourth-order valence-electron chi connectivity index (χ4n) is 3.70. The first kappa shape index (κ1) is 25.4. The molecule has 0 aliphatic heterocycles. The smallest absolute Gasteiger partial charge is 0.200 e. The second kappa shape index (κ2) is 12.8. The highest BCUT2D eigenvalue weighted by molar-refractivity contribution is 5.82. The molecule has 0 aliphatic carbocycles. The van der Waals surface area contributed by atoms with Gasteiger partial charge in [-0.15, -0.1) is 0 Å². The quantitative estimate of drug-likeness (QED) is 0.132. The molecule has 36 heavy (non-hydrogen) atoms. The number of aryl methyl sites for hydroxylation is 3. The molecule has 0 radical (unpaired) electrons. The van der Waals surface area contributed by atoms with Crippen molar-refractivity contribution >= 4 is 11.6 Å². The Morgan fingerprint density at radius 2 is 1.31 bits per heavy atom. The summed E-state index contributed by atoms with van der Waals surface area (Å²) in [5.74, 6) is 1.28. The molecule has 0 aromatic heterocycles. The Hall–Kier alpha value is -3.73. The molecule has 0 heterocycles. The lowest BCUT2D eigenvalue weighted by atomic mass is 10.1. The molecule has 0 spiro atoms. The summed E-state index contributed by atoms with van der Waals surface area (Å²) in [6.45, 7) is 7.09. The van der Waals surface area contributed by atoms with Crippen molar-refractivity contribution in [3.63, 3.8) is 0 Å². The van der Waals surface area contributed by atoms with Crippen molar-refractivity contribution in [3.8, 4) is 5.75 Å². The van der Waals surface area contributed by atoms with Gasteiger partial charge in [0.15, 0.2) is 12.2 Å². The third-order valence-electron chi connectivity index (χ3n) is 5.87. The van der Waals surface area contributed by atoms with Gasteiger partial charge in [0.2, 0.25) is 0 Å². The summed E-state index contributed by atoms with van der Waals surface area (Å²) in [7, 11) is 0. The van der Waals surface area contributed by atoms with Gasteiger partial charge < -0.3 is 14.2 Å². The van der Waals surface area contributed by atoms with E-state index in [-0.39, 0.29) is 0 Å². The standard InChI is InChI=1S/C32H33NO3/c1-24-11-10-16-30(19-24)36-31(33-29-18-17-25(2)26(3)20-29)21-32(34-22-27-12-6-4-7-13-27)35-23-28-14-8-5-9-15-28/h4-20,32H,21-23H2,1-3H3/b33-31-. The molecule has 4 nitrogen and oxygen atoms in total. The predicted molar refractivity (Wildman–Crippen MR) is 146 cm³/mol. The van der Waals surface area contributed by atoms with Crippen molar-refractivity contribution in [1.82, 2.24) is 0 Å². The van der Waals surface area contributed by atoms with Gasteiger partial charge >= 0.3 is 0 Å². The van der Waals surface area contributed by atoms with E-state index in [0.29, 0.717) is 25.5 Å². The zero-order valence-electron chi connectivity index (χ0n) is 21.2. The van der Waals surface area contributed by atoms with Crippen LogP contribution < -0.4 is 4.74 Å². The highest BCUT2D eigenvalue weighted by atomic mass is 16.7. The van der Waals surface area contributed by atoms with Crippen molar-refractivity contribution in [2.45, 2.75) is 46.7 Å². The summed E-state index contributed by atoms with van der Waals surface area (Å²) in [4.78, 5) is 4.87. The fourth-order valence-corrected chi connectivity index (χ4v) is 3.70. The average molecular weight is 480 g/mol. The van der Waals surface area contributed by atoms with Crippen molar-refractivity contribution in [3.05, 3.63) is 131 Å². The monoisotopic (exact) mass is 479 g/mol. The largest absolute Gasteiger partial charge is 0.443 e. The van der Waals surface area contributed by atoms with E-state index in [2.05, 4.69) is 26.0 Å². The van der Waals surface area contributed by atoms with Crippen molar-refractivity contribution in [2.24, 2.45) is 4.99 Å². The molecule has 0 N–H and O–H groups in total. The third kappa shape index (κ3) is 7.91. The number of aliphatic imine (C=N–C) groups is 1. The molecule has 0 amide bonds. The van der Waals surface area contributed by atoms with E-state index in [4.69, 9.17) is 19.2 Å². The van der Waals surface area contributed by atoms with E-state index in [1.807, 2.05) is 97.9 Å². The second-order valence-corrected chi connectivity index (χ2v) is 8.92. The molecule has 4 aromatic rings. The van der Waals surface area contributed by atoms with E-state index < -0.39 is 6.29 Å². The number of nitrogens with zero attached hydrogens (tertiary/aromatic N) is 1. The Balaban J connectivity index is 1.58. The van der Waals surface area contributed by atoms with Crippen molar-refractivity contribution < 1.29 is 14.2 Å². The summed E-state index contributed by atoms with van der Waals surface area (Å²) >= 11 is 0. The Morgan fingerprint density at radius 3 is 1.89 bits per heavy atom. The molecule has 4 heteroatoms. The van der Waals surface area contributed by atoms with E-state index in [0.717, 1.165) is 28.1 Å². The van der Waals surface area contributed by atoms with Gasteiger partial charge in [0.1, 0.15) is 5.75 Å². The molecule has 0 saturated carbocycles. The van der Waals surface area contributed by atoms with Crippen LogP contribution in [-0.2, 0) is 22.7 Å². The van der Waals surface area contributed by atoms with Gasteiger partial charge in [0, 0.05) is 0 Å². The molecule has 0 aliphatic rings. The maximum absolute atomic E-state index is 6.29. The van der Waals surface area contributed by atoms with E-state index in [9.17, 15) is 0 Å². The van der Waals surface area contributed by atoms with E-state index in [1.165, 1.54) is 11.1 Å². The van der Waals surface area contributed by atoms with Crippen LogP contribution in [0, 0.1) is 20.8 Å². The van der Waals surface area contributed by atoms with Gasteiger partial charge in [-0.05, 0) is 72.9 Å². The Bertz CT molecular complexity index is 1230. The minimum atomic E-state index is -0.541. The number of rotatable bonds is 10. The summed E-state index contributed by atoms with van der Waals surface area (Å²) in [5.41, 5.74) is 6.53. The normalized spacial score (nSPS) is 11.6. The molecule has 0 atom stereocenters. The summed E-state index contributed by atoms with van der Waals surface area (Å²) in [5, 5.41) is 0. The number of hydrogen-bond donors (Lipinski definition) is 0. The van der Waals surface area contributed by atoms with Crippen LogP contribution in [0.3, 0.4) is 0 Å². The van der Waals surface area contributed by atoms with Crippen LogP contribution in [0.1, 0.15) is 34.2 Å². The Morgan fingerprint density at radius 1 is 0.667 bits per heavy atom. The van der Waals surface area contributed by atoms with Crippen LogP contribution in [0.5, 0.6) is 5.75 Å². The predicted octanol–water partition coefficient (Wildman–Crippen LogP) is 7.87. The summed E-state index contributed by atoms with van der Waals surface area (Å²) in [6.07, 6.45) is -0.180. The number of ether oxygens (including phenoxy) is 3. The van der Waals surface area contributed by atoms with Crippen molar-refractivity contribution in [2.75, 3.05) is 0 Å². The molecular formula is C32H33NO3. The molecule has 0 unspecified atom stereocenters. The lowest BCUT2D eigenvalue weighted by Crippen LogP contribution is -2.24. The molecule has 4 aromatic carbocycles. The van der Waals surface area contributed by atoms with Crippen LogP contribution in [-0.4, -0.2) is 12.2 Å². The first-order chi connectivity index (χ1) is 17.5. The number of benzene rings is 4. The van der Waals surface area contributed by atoms with Crippen molar-refractivity contribution in [1.29, 1.82) is 0 Å². The van der Waals surface area contributed by atoms with Gasteiger partial charge in [-0.1, -0.05) is 78.9 Å². The van der Waals surface area contributed by atoms with Gasteiger partial charge in [-0.3, -0.25) is 0 Å². The Kier molecular flexibility index (Phi) is 9.03. The van der Waals surface area contributed by atoms with Crippen LogP contribution in [0.4, 0.5) is 5.69 Å². The molecule has 184 valence electrons. The molecule has 0 bridgehead atoms. The van der Waals surface area contributed by atoms with Crippen LogP contribution >= 0.6 is 0 Å². The fraction of sp³-hybridized carbons (Fsp3) is 0.219.